The molecule has 0 bridgehead atoms. The van der Waals surface area contributed by atoms with Crippen LogP contribution in [0.3, 0.4) is 0 Å². The molecule has 0 radical (unpaired) electrons. The molecule has 0 unspecified atom stereocenters. The van der Waals surface area contributed by atoms with Gasteiger partial charge in [0.05, 0.1) is 17.0 Å². The van der Waals surface area contributed by atoms with Crippen molar-refractivity contribution in [1.82, 2.24) is 4.98 Å². The molecular formula is C10H12N4O2S. The van der Waals surface area contributed by atoms with E-state index in [0.717, 1.165) is 4.88 Å². The highest BCUT2D eigenvalue weighted by atomic mass is 32.1. The van der Waals surface area contributed by atoms with Gasteiger partial charge in [-0.2, -0.15) is 0 Å². The van der Waals surface area contributed by atoms with Gasteiger partial charge >= 0.3 is 5.97 Å². The van der Waals surface area contributed by atoms with Gasteiger partial charge in [0.15, 0.2) is 5.69 Å². The predicted molar refractivity (Wildman–Crippen MR) is 65.7 cm³/mol. The highest BCUT2D eigenvalue weighted by Gasteiger charge is 2.13. The van der Waals surface area contributed by atoms with E-state index in [1.54, 1.807) is 18.5 Å². The Morgan fingerprint density at radius 1 is 1.76 bits per heavy atom. The second-order valence-corrected chi connectivity index (χ2v) is 3.82. The van der Waals surface area contributed by atoms with Crippen LogP contribution in [0.4, 0.5) is 0 Å². The summed E-state index contributed by atoms with van der Waals surface area (Å²) < 4.78 is 4.88. The molecule has 0 aliphatic heterocycles. The van der Waals surface area contributed by atoms with Crippen LogP contribution in [-0.2, 0) is 4.74 Å². The molecule has 7 heteroatoms. The number of esters is 1. The molecule has 6 nitrogen and oxygen atoms in total. The number of thiazole rings is 1. The van der Waals surface area contributed by atoms with Gasteiger partial charge in [-0.15, -0.1) is 11.3 Å². The zero-order valence-corrected chi connectivity index (χ0v) is 10.2. The first-order valence-corrected chi connectivity index (χ1v) is 5.95. The number of rotatable bonds is 6. The smallest absolute Gasteiger partial charge is 0.358 e. The van der Waals surface area contributed by atoms with Gasteiger partial charge in [0.2, 0.25) is 0 Å². The summed E-state index contributed by atoms with van der Waals surface area (Å²) in [5.74, 6) is -0.413. The zero-order chi connectivity index (χ0) is 12.5. The highest BCUT2D eigenvalue weighted by molar-refractivity contribution is 7.10. The fraction of sp³-hybridized carbons (Fsp3) is 0.400. The topological polar surface area (TPSA) is 88.0 Å². The van der Waals surface area contributed by atoms with Gasteiger partial charge < -0.3 is 4.74 Å². The summed E-state index contributed by atoms with van der Waals surface area (Å²) in [4.78, 5) is 18.8. The second-order valence-electron chi connectivity index (χ2n) is 2.93. The van der Waals surface area contributed by atoms with E-state index in [1.807, 2.05) is 6.08 Å². The average Bonchev–Trinajstić information content (AvgIpc) is 2.77. The van der Waals surface area contributed by atoms with Gasteiger partial charge in [-0.05, 0) is 25.0 Å². The maximum Gasteiger partial charge on any atom is 0.358 e. The van der Waals surface area contributed by atoms with Crippen molar-refractivity contribution in [3.8, 4) is 0 Å². The molecule has 0 amide bonds. The third-order valence-corrected chi connectivity index (χ3v) is 2.59. The lowest BCUT2D eigenvalue weighted by atomic mass is 10.3. The van der Waals surface area contributed by atoms with Crippen molar-refractivity contribution in [1.29, 1.82) is 0 Å². The van der Waals surface area contributed by atoms with E-state index in [1.165, 1.54) is 11.3 Å². The highest BCUT2D eigenvalue weighted by Crippen LogP contribution is 2.16. The van der Waals surface area contributed by atoms with Crippen LogP contribution in [-0.4, -0.2) is 24.1 Å². The average molecular weight is 252 g/mol. The van der Waals surface area contributed by atoms with Crippen molar-refractivity contribution in [2.45, 2.75) is 13.3 Å². The number of carbonyl (C=O) groups excluding carboxylic acids is 1. The zero-order valence-electron chi connectivity index (χ0n) is 9.37. The number of nitrogens with zero attached hydrogens (tertiary/aromatic N) is 4. The third kappa shape index (κ3) is 4.26. The molecule has 0 aliphatic carbocycles. The number of azide groups is 1. The lowest BCUT2D eigenvalue weighted by Crippen LogP contribution is -2.06. The molecule has 0 aromatic carbocycles. The Hall–Kier alpha value is -1.85. The first kappa shape index (κ1) is 13.2. The van der Waals surface area contributed by atoms with Crippen molar-refractivity contribution < 1.29 is 9.53 Å². The van der Waals surface area contributed by atoms with Crippen LogP contribution in [0.25, 0.3) is 16.5 Å². The predicted octanol–water partition coefficient (Wildman–Crippen LogP) is 3.03. The van der Waals surface area contributed by atoms with E-state index < -0.39 is 5.97 Å². The Morgan fingerprint density at radius 3 is 3.29 bits per heavy atom. The van der Waals surface area contributed by atoms with Crippen LogP contribution < -0.4 is 0 Å². The maximum absolute atomic E-state index is 11.5. The third-order valence-electron chi connectivity index (χ3n) is 1.79. The van der Waals surface area contributed by atoms with Crippen LogP contribution in [0, 0.1) is 0 Å². The van der Waals surface area contributed by atoms with E-state index in [0.29, 0.717) is 25.3 Å². The standard InChI is InChI=1S/C10H12N4O2S/c1-2-16-10(15)9-8(17-7-12-9)5-3-4-6-13-14-11/h3,5,7H,2,4,6H2,1H3. The molecular weight excluding hydrogens is 240 g/mol. The summed E-state index contributed by atoms with van der Waals surface area (Å²) in [6, 6.07) is 0. The first-order chi connectivity index (χ1) is 8.29. The van der Waals surface area contributed by atoms with Crippen molar-refractivity contribution in [3.63, 3.8) is 0 Å². The van der Waals surface area contributed by atoms with Crippen LogP contribution in [0.1, 0.15) is 28.7 Å². The SMILES string of the molecule is CCOC(=O)c1ncsc1C=CCCN=[N+]=[N-]. The molecule has 1 aromatic heterocycles. The molecule has 0 N–H and O–H groups in total. The van der Waals surface area contributed by atoms with Crippen LogP contribution in [0.5, 0.6) is 0 Å². The van der Waals surface area contributed by atoms with Crippen molar-refractivity contribution in [2.75, 3.05) is 13.2 Å². The Bertz CT molecular complexity index is 449. The monoisotopic (exact) mass is 252 g/mol. The number of hydrogen-bond acceptors (Lipinski definition) is 5. The van der Waals surface area contributed by atoms with E-state index in [-0.39, 0.29) is 0 Å². The number of carbonyl (C=O) groups is 1. The Balaban J connectivity index is 2.62. The largest absolute Gasteiger partial charge is 0.461 e. The lowest BCUT2D eigenvalue weighted by Gasteiger charge is -1.98. The van der Waals surface area contributed by atoms with Gasteiger partial charge in [0.25, 0.3) is 0 Å². The summed E-state index contributed by atoms with van der Waals surface area (Å²) in [6.07, 6.45) is 4.26. The van der Waals surface area contributed by atoms with Crippen LogP contribution >= 0.6 is 11.3 Å². The van der Waals surface area contributed by atoms with Crippen molar-refractivity contribution in [2.24, 2.45) is 5.11 Å². The van der Waals surface area contributed by atoms with E-state index >= 15 is 0 Å². The molecule has 1 rings (SSSR count). The fourth-order valence-corrected chi connectivity index (χ4v) is 1.79. The van der Waals surface area contributed by atoms with Gasteiger partial charge in [-0.1, -0.05) is 11.2 Å². The minimum Gasteiger partial charge on any atom is -0.461 e. The minimum atomic E-state index is -0.413. The number of hydrogen-bond donors (Lipinski definition) is 0. The lowest BCUT2D eigenvalue weighted by molar-refractivity contribution is 0.0520. The van der Waals surface area contributed by atoms with E-state index in [4.69, 9.17) is 10.3 Å². The molecule has 0 saturated carbocycles. The first-order valence-electron chi connectivity index (χ1n) is 5.07. The molecule has 90 valence electrons. The van der Waals surface area contributed by atoms with Gasteiger partial charge in [-0.3, -0.25) is 0 Å². The fourth-order valence-electron chi connectivity index (χ4n) is 1.09. The number of aromatic nitrogens is 1. The van der Waals surface area contributed by atoms with Crippen molar-refractivity contribution in [3.05, 3.63) is 32.6 Å². The van der Waals surface area contributed by atoms with Crippen molar-refractivity contribution >= 4 is 23.4 Å². The van der Waals surface area contributed by atoms with Crippen LogP contribution in [0.2, 0.25) is 0 Å². The second kappa shape index (κ2) is 7.43. The summed E-state index contributed by atoms with van der Waals surface area (Å²) >= 11 is 1.37. The minimum absolute atomic E-state index is 0.330. The molecule has 0 aliphatic rings. The number of ether oxygens (including phenoxy) is 1. The summed E-state index contributed by atoms with van der Waals surface area (Å²) in [7, 11) is 0. The van der Waals surface area contributed by atoms with Gasteiger partial charge in [0.1, 0.15) is 0 Å². The molecule has 1 heterocycles. The molecule has 1 aromatic rings. The van der Waals surface area contributed by atoms with Gasteiger partial charge in [0, 0.05) is 11.5 Å². The summed E-state index contributed by atoms with van der Waals surface area (Å²) in [6.45, 7) is 2.48. The molecule has 0 fully saturated rings. The molecule has 0 saturated heterocycles. The molecule has 0 spiro atoms. The molecule has 0 atom stereocenters. The summed E-state index contributed by atoms with van der Waals surface area (Å²) in [5, 5.41) is 3.40. The van der Waals surface area contributed by atoms with Crippen LogP contribution in [0.15, 0.2) is 16.7 Å². The Morgan fingerprint density at radius 2 is 2.59 bits per heavy atom. The quantitative estimate of drug-likeness (QED) is 0.256. The van der Waals surface area contributed by atoms with E-state index in [9.17, 15) is 4.79 Å². The summed E-state index contributed by atoms with van der Waals surface area (Å²) in [5.41, 5.74) is 10.0. The normalized spacial score (nSPS) is 10.2. The maximum atomic E-state index is 11.5. The van der Waals surface area contributed by atoms with E-state index in [2.05, 4.69) is 15.0 Å². The van der Waals surface area contributed by atoms with Gasteiger partial charge in [-0.25, -0.2) is 9.78 Å². The Kier molecular flexibility index (Phi) is 5.77. The Labute approximate surface area is 103 Å². The molecule has 17 heavy (non-hydrogen) atoms.